The normalized spacial score (nSPS) is 19.1. The number of rotatable bonds is 4. The first-order valence-electron chi connectivity index (χ1n) is 10.7. The third-order valence-corrected chi connectivity index (χ3v) is 7.72. The van der Waals surface area contributed by atoms with Gasteiger partial charge in [0.25, 0.3) is 5.91 Å². The Morgan fingerprint density at radius 2 is 1.81 bits per heavy atom. The number of fused-ring (bicyclic) bond motifs is 1. The first-order valence-corrected chi connectivity index (χ1v) is 12.3. The molecule has 5 rings (SSSR count). The molecule has 2 aliphatic rings. The molecule has 158 valence electrons. The highest BCUT2D eigenvalue weighted by atomic mass is 35.5. The van der Waals surface area contributed by atoms with Crippen molar-refractivity contribution < 1.29 is 4.79 Å². The highest BCUT2D eigenvalue weighted by molar-refractivity contribution is 8.26. The Hall–Kier alpha value is -2.08. The standard InChI is InChI=1S/C25H23ClN2OS2/c26-19-12-10-17(11-13-19)15-27-16-18(21-8-4-5-9-22(21)27)14-23-24(29)28(25(30)31-23)20-6-2-1-3-7-20/h4-5,8-14,16,20H,1-3,6-7,15H2/b23-14+. The van der Waals surface area contributed by atoms with Gasteiger partial charge in [-0.1, -0.05) is 85.2 Å². The van der Waals surface area contributed by atoms with Crippen molar-refractivity contribution in [2.24, 2.45) is 0 Å². The van der Waals surface area contributed by atoms with Gasteiger partial charge in [-0.15, -0.1) is 0 Å². The van der Waals surface area contributed by atoms with Gasteiger partial charge in [-0.2, -0.15) is 0 Å². The molecule has 2 aromatic carbocycles. The highest BCUT2D eigenvalue weighted by Gasteiger charge is 2.37. The van der Waals surface area contributed by atoms with Gasteiger partial charge in [-0.3, -0.25) is 9.69 Å². The molecular formula is C25H23ClN2OS2. The molecule has 0 N–H and O–H groups in total. The Bertz CT molecular complexity index is 1180. The molecule has 1 amide bonds. The van der Waals surface area contributed by atoms with Crippen LogP contribution in [0.3, 0.4) is 0 Å². The van der Waals surface area contributed by atoms with Gasteiger partial charge in [-0.25, -0.2) is 0 Å². The Kier molecular flexibility index (Phi) is 5.91. The number of hydrogen-bond donors (Lipinski definition) is 0. The second kappa shape index (κ2) is 8.81. The van der Waals surface area contributed by atoms with Crippen molar-refractivity contribution in [2.75, 3.05) is 0 Å². The van der Waals surface area contributed by atoms with E-state index in [1.807, 2.05) is 47.4 Å². The van der Waals surface area contributed by atoms with E-state index in [9.17, 15) is 4.79 Å². The van der Waals surface area contributed by atoms with E-state index in [1.165, 1.54) is 36.6 Å². The Morgan fingerprint density at radius 1 is 1.06 bits per heavy atom. The molecule has 3 nitrogen and oxygen atoms in total. The molecule has 1 aromatic heterocycles. The van der Waals surface area contributed by atoms with Crippen LogP contribution in [-0.4, -0.2) is 25.7 Å². The molecular weight excluding hydrogens is 444 g/mol. The number of aromatic nitrogens is 1. The number of thiocarbonyl (C=S) groups is 1. The van der Waals surface area contributed by atoms with Crippen LogP contribution in [0.1, 0.15) is 43.2 Å². The maximum atomic E-state index is 13.2. The monoisotopic (exact) mass is 466 g/mol. The van der Waals surface area contributed by atoms with Crippen molar-refractivity contribution >= 4 is 62.8 Å². The smallest absolute Gasteiger partial charge is 0.266 e. The van der Waals surface area contributed by atoms with Crippen LogP contribution in [0, 0.1) is 0 Å². The molecule has 0 unspecified atom stereocenters. The second-order valence-corrected chi connectivity index (χ2v) is 10.3. The Labute approximate surface area is 197 Å². The SMILES string of the molecule is O=C1/C(=C\c2cn(Cc3ccc(Cl)cc3)c3ccccc23)SC(=S)N1C1CCCCC1. The van der Waals surface area contributed by atoms with E-state index in [4.69, 9.17) is 23.8 Å². The minimum absolute atomic E-state index is 0.0661. The van der Waals surface area contributed by atoms with Crippen molar-refractivity contribution in [3.05, 3.63) is 75.8 Å². The maximum Gasteiger partial charge on any atom is 0.266 e. The van der Waals surface area contributed by atoms with Crippen LogP contribution >= 0.6 is 35.6 Å². The van der Waals surface area contributed by atoms with Crippen LogP contribution in [0.5, 0.6) is 0 Å². The number of thioether (sulfide) groups is 1. The molecule has 1 aliphatic carbocycles. The van der Waals surface area contributed by atoms with E-state index in [2.05, 4.69) is 22.9 Å². The predicted molar refractivity (Wildman–Crippen MR) is 134 cm³/mol. The molecule has 1 saturated carbocycles. The Morgan fingerprint density at radius 3 is 2.58 bits per heavy atom. The molecule has 2 fully saturated rings. The fourth-order valence-electron chi connectivity index (χ4n) is 4.58. The van der Waals surface area contributed by atoms with Crippen molar-refractivity contribution in [3.8, 4) is 0 Å². The molecule has 31 heavy (non-hydrogen) atoms. The maximum absolute atomic E-state index is 13.2. The van der Waals surface area contributed by atoms with Gasteiger partial charge in [0.05, 0.1) is 4.91 Å². The lowest BCUT2D eigenvalue weighted by Crippen LogP contribution is -2.39. The molecule has 0 bridgehead atoms. The van der Waals surface area contributed by atoms with Crippen LogP contribution in [0.25, 0.3) is 17.0 Å². The predicted octanol–water partition coefficient (Wildman–Crippen LogP) is 6.88. The quantitative estimate of drug-likeness (QED) is 0.309. The number of para-hydroxylation sites is 1. The van der Waals surface area contributed by atoms with Gasteiger partial charge in [0.2, 0.25) is 0 Å². The van der Waals surface area contributed by atoms with Crippen molar-refractivity contribution in [3.63, 3.8) is 0 Å². The van der Waals surface area contributed by atoms with Gasteiger partial charge in [0, 0.05) is 40.3 Å². The van der Waals surface area contributed by atoms with E-state index < -0.39 is 0 Å². The summed E-state index contributed by atoms with van der Waals surface area (Å²) in [5.74, 6) is 0.0661. The lowest BCUT2D eigenvalue weighted by atomic mass is 9.94. The summed E-state index contributed by atoms with van der Waals surface area (Å²) in [5, 5.41) is 1.88. The molecule has 1 aliphatic heterocycles. The number of carbonyl (C=O) groups is 1. The zero-order chi connectivity index (χ0) is 21.4. The van der Waals surface area contributed by atoms with Gasteiger partial charge in [0.15, 0.2) is 0 Å². The fourth-order valence-corrected chi connectivity index (χ4v) is 6.10. The lowest BCUT2D eigenvalue weighted by Gasteiger charge is -2.29. The zero-order valence-corrected chi connectivity index (χ0v) is 19.5. The van der Waals surface area contributed by atoms with E-state index >= 15 is 0 Å². The van der Waals surface area contributed by atoms with Crippen molar-refractivity contribution in [2.45, 2.75) is 44.7 Å². The summed E-state index contributed by atoms with van der Waals surface area (Å²) < 4.78 is 2.93. The van der Waals surface area contributed by atoms with E-state index in [0.717, 1.165) is 45.8 Å². The number of amides is 1. The average Bonchev–Trinajstić information content (AvgIpc) is 3.27. The topological polar surface area (TPSA) is 25.2 Å². The third-order valence-electron chi connectivity index (χ3n) is 6.14. The largest absolute Gasteiger partial charge is 0.342 e. The Balaban J connectivity index is 1.47. The summed E-state index contributed by atoms with van der Waals surface area (Å²) in [5.41, 5.74) is 3.38. The van der Waals surface area contributed by atoms with E-state index in [0.29, 0.717) is 4.32 Å². The summed E-state index contributed by atoms with van der Waals surface area (Å²) >= 11 is 13.1. The molecule has 1 saturated heterocycles. The lowest BCUT2D eigenvalue weighted by molar-refractivity contribution is -0.124. The van der Waals surface area contributed by atoms with Crippen molar-refractivity contribution in [1.82, 2.24) is 9.47 Å². The molecule has 3 aromatic rings. The van der Waals surface area contributed by atoms with Crippen LogP contribution in [0.2, 0.25) is 5.02 Å². The highest BCUT2D eigenvalue weighted by Crippen LogP contribution is 2.38. The van der Waals surface area contributed by atoms with Gasteiger partial charge in [-0.05, 0) is 42.7 Å². The van der Waals surface area contributed by atoms with Gasteiger partial charge in [0.1, 0.15) is 4.32 Å². The summed E-state index contributed by atoms with van der Waals surface area (Å²) in [7, 11) is 0. The number of halogens is 1. The zero-order valence-electron chi connectivity index (χ0n) is 17.1. The van der Waals surface area contributed by atoms with Crippen LogP contribution in [0.4, 0.5) is 0 Å². The molecule has 0 spiro atoms. The van der Waals surface area contributed by atoms with Crippen LogP contribution < -0.4 is 0 Å². The van der Waals surface area contributed by atoms with E-state index in [1.54, 1.807) is 0 Å². The van der Waals surface area contributed by atoms with Crippen LogP contribution in [-0.2, 0) is 11.3 Å². The minimum atomic E-state index is 0.0661. The summed E-state index contributed by atoms with van der Waals surface area (Å²) in [6.07, 6.45) is 9.88. The third kappa shape index (κ3) is 4.19. The first kappa shape index (κ1) is 20.8. The average molecular weight is 467 g/mol. The summed E-state index contributed by atoms with van der Waals surface area (Å²) in [4.78, 5) is 15.8. The second-order valence-electron chi connectivity index (χ2n) is 8.20. The van der Waals surface area contributed by atoms with E-state index in [-0.39, 0.29) is 11.9 Å². The first-order chi connectivity index (χ1) is 15.1. The van der Waals surface area contributed by atoms with Gasteiger partial charge < -0.3 is 4.57 Å². The number of nitrogens with zero attached hydrogens (tertiary/aromatic N) is 2. The molecule has 0 atom stereocenters. The number of hydrogen-bond acceptors (Lipinski definition) is 3. The van der Waals surface area contributed by atoms with Crippen LogP contribution in [0.15, 0.2) is 59.6 Å². The van der Waals surface area contributed by atoms with Crippen molar-refractivity contribution in [1.29, 1.82) is 0 Å². The molecule has 0 radical (unpaired) electrons. The summed E-state index contributed by atoms with van der Waals surface area (Å²) in [6.45, 7) is 0.745. The number of benzene rings is 2. The molecule has 6 heteroatoms. The van der Waals surface area contributed by atoms with Gasteiger partial charge >= 0.3 is 0 Å². The number of carbonyl (C=O) groups excluding carboxylic acids is 1. The molecule has 2 heterocycles. The minimum Gasteiger partial charge on any atom is -0.342 e. The summed E-state index contributed by atoms with van der Waals surface area (Å²) in [6, 6.07) is 16.5. The fraction of sp³-hybridized carbons (Fsp3) is 0.280.